The van der Waals surface area contributed by atoms with Crippen molar-refractivity contribution >= 4 is 0 Å². The van der Waals surface area contributed by atoms with Crippen molar-refractivity contribution in [2.75, 3.05) is 13.7 Å². The van der Waals surface area contributed by atoms with Crippen molar-refractivity contribution in [3.63, 3.8) is 0 Å². The van der Waals surface area contributed by atoms with Gasteiger partial charge in [-0.3, -0.25) is 0 Å². The molecule has 1 aromatic rings. The van der Waals surface area contributed by atoms with Crippen molar-refractivity contribution in [2.45, 2.75) is 12.5 Å². The first kappa shape index (κ1) is 9.95. The lowest BCUT2D eigenvalue weighted by atomic mass is 9.98. The molecule has 0 saturated heterocycles. The third kappa shape index (κ3) is 2.17. The summed E-state index contributed by atoms with van der Waals surface area (Å²) in [4.78, 5) is 3.97. The summed E-state index contributed by atoms with van der Waals surface area (Å²) in [7, 11) is 1.54. The molecule has 1 atom stereocenters. The van der Waals surface area contributed by atoms with Crippen molar-refractivity contribution in [1.29, 1.82) is 0 Å². The summed E-state index contributed by atoms with van der Waals surface area (Å²) >= 11 is 0. The minimum absolute atomic E-state index is 0.168. The van der Waals surface area contributed by atoms with E-state index in [1.165, 1.54) is 0 Å². The maximum Gasteiger partial charge on any atom is 0.212 e. The summed E-state index contributed by atoms with van der Waals surface area (Å²) in [6.07, 6.45) is 1.56. The van der Waals surface area contributed by atoms with Crippen LogP contribution in [0.5, 0.6) is 5.88 Å². The molecular weight excluding hydrogens is 168 g/mol. The van der Waals surface area contributed by atoms with E-state index in [4.69, 9.17) is 10.5 Å². The maximum atomic E-state index is 9.75. The number of hydrogen-bond acceptors (Lipinski definition) is 4. The van der Waals surface area contributed by atoms with Crippen LogP contribution in [-0.2, 0) is 5.60 Å². The Balaban J connectivity index is 2.92. The Labute approximate surface area is 77.4 Å². The highest BCUT2D eigenvalue weighted by atomic mass is 16.5. The molecule has 3 N–H and O–H groups in total. The molecule has 13 heavy (non-hydrogen) atoms. The first-order valence-corrected chi connectivity index (χ1v) is 4.03. The van der Waals surface area contributed by atoms with Gasteiger partial charge in [-0.25, -0.2) is 4.98 Å². The van der Waals surface area contributed by atoms with E-state index in [2.05, 4.69) is 4.98 Å². The topological polar surface area (TPSA) is 68.4 Å². The minimum atomic E-state index is -1.01. The summed E-state index contributed by atoms with van der Waals surface area (Å²) in [5.41, 5.74) is 5.08. The van der Waals surface area contributed by atoms with E-state index in [-0.39, 0.29) is 6.54 Å². The molecule has 0 spiro atoms. The van der Waals surface area contributed by atoms with Gasteiger partial charge >= 0.3 is 0 Å². The highest BCUT2D eigenvalue weighted by Gasteiger charge is 2.20. The van der Waals surface area contributed by atoms with Gasteiger partial charge in [-0.2, -0.15) is 0 Å². The second-order valence-electron chi connectivity index (χ2n) is 3.07. The van der Waals surface area contributed by atoms with Gasteiger partial charge in [-0.1, -0.05) is 0 Å². The predicted octanol–water partition coefficient (Wildman–Crippen LogP) is 0.256. The Morgan fingerprint density at radius 1 is 1.62 bits per heavy atom. The quantitative estimate of drug-likeness (QED) is 0.703. The Morgan fingerprint density at radius 3 is 2.69 bits per heavy atom. The van der Waals surface area contributed by atoms with Crippen LogP contribution in [0.1, 0.15) is 12.5 Å². The van der Waals surface area contributed by atoms with E-state index >= 15 is 0 Å². The van der Waals surface area contributed by atoms with Gasteiger partial charge in [0, 0.05) is 24.4 Å². The van der Waals surface area contributed by atoms with Gasteiger partial charge in [0.1, 0.15) is 5.60 Å². The van der Waals surface area contributed by atoms with Gasteiger partial charge < -0.3 is 15.6 Å². The van der Waals surface area contributed by atoms with Crippen molar-refractivity contribution in [3.05, 3.63) is 23.9 Å². The van der Waals surface area contributed by atoms with E-state index in [0.29, 0.717) is 11.4 Å². The van der Waals surface area contributed by atoms with Crippen LogP contribution in [0.4, 0.5) is 0 Å². The van der Waals surface area contributed by atoms with Gasteiger partial charge in [0.2, 0.25) is 5.88 Å². The Kier molecular flexibility index (Phi) is 2.85. The van der Waals surface area contributed by atoms with Crippen molar-refractivity contribution in [2.24, 2.45) is 5.73 Å². The van der Waals surface area contributed by atoms with Crippen LogP contribution in [0, 0.1) is 0 Å². The number of ether oxygens (including phenoxy) is 1. The summed E-state index contributed by atoms with van der Waals surface area (Å²) in [6.45, 7) is 1.82. The first-order valence-electron chi connectivity index (χ1n) is 4.03. The zero-order valence-corrected chi connectivity index (χ0v) is 7.82. The van der Waals surface area contributed by atoms with Crippen LogP contribution in [-0.4, -0.2) is 23.7 Å². The van der Waals surface area contributed by atoms with Gasteiger partial charge in [0.05, 0.1) is 7.11 Å². The fraction of sp³-hybridized carbons (Fsp3) is 0.444. The van der Waals surface area contributed by atoms with Gasteiger partial charge in [-0.05, 0) is 13.0 Å². The Hall–Kier alpha value is -1.13. The molecule has 4 heteroatoms. The smallest absolute Gasteiger partial charge is 0.212 e. The number of rotatable bonds is 3. The zero-order chi connectivity index (χ0) is 9.90. The number of pyridine rings is 1. The molecule has 1 aromatic heterocycles. The third-order valence-corrected chi connectivity index (χ3v) is 1.96. The number of nitrogens with two attached hydrogens (primary N) is 1. The molecule has 0 bridgehead atoms. The fourth-order valence-electron chi connectivity index (χ4n) is 0.937. The molecule has 1 unspecified atom stereocenters. The molecule has 0 radical (unpaired) electrons. The van der Waals surface area contributed by atoms with E-state index in [1.54, 1.807) is 32.4 Å². The minimum Gasteiger partial charge on any atom is -0.481 e. The average molecular weight is 182 g/mol. The van der Waals surface area contributed by atoms with E-state index in [0.717, 1.165) is 0 Å². The van der Waals surface area contributed by atoms with E-state index in [9.17, 15) is 5.11 Å². The number of aliphatic hydroxyl groups is 1. The Morgan fingerprint density at radius 2 is 2.31 bits per heavy atom. The monoisotopic (exact) mass is 182 g/mol. The zero-order valence-electron chi connectivity index (χ0n) is 7.82. The molecule has 0 aliphatic heterocycles. The summed E-state index contributed by atoms with van der Waals surface area (Å²) in [5.74, 6) is 0.525. The molecule has 0 aliphatic carbocycles. The van der Waals surface area contributed by atoms with Crippen molar-refractivity contribution in [1.82, 2.24) is 4.98 Å². The van der Waals surface area contributed by atoms with Crippen LogP contribution in [0.15, 0.2) is 18.3 Å². The Bertz CT molecular complexity index is 269. The highest BCUT2D eigenvalue weighted by Crippen LogP contribution is 2.19. The molecular formula is C9H14N2O2. The average Bonchev–Trinajstić information content (AvgIpc) is 2.18. The maximum absolute atomic E-state index is 9.75. The number of methoxy groups -OCH3 is 1. The summed E-state index contributed by atoms with van der Waals surface area (Å²) in [6, 6.07) is 3.44. The van der Waals surface area contributed by atoms with Crippen LogP contribution in [0.3, 0.4) is 0 Å². The SMILES string of the molecule is COc1ccc(C(C)(O)CN)cn1. The third-order valence-electron chi connectivity index (χ3n) is 1.96. The van der Waals surface area contributed by atoms with Crippen LogP contribution < -0.4 is 10.5 Å². The molecule has 4 nitrogen and oxygen atoms in total. The number of aromatic nitrogens is 1. The van der Waals surface area contributed by atoms with Crippen LogP contribution in [0.25, 0.3) is 0 Å². The number of nitrogens with zero attached hydrogens (tertiary/aromatic N) is 1. The normalized spacial score (nSPS) is 15.1. The molecule has 1 heterocycles. The van der Waals surface area contributed by atoms with Gasteiger partial charge in [0.15, 0.2) is 0 Å². The highest BCUT2D eigenvalue weighted by molar-refractivity contribution is 5.22. The van der Waals surface area contributed by atoms with E-state index < -0.39 is 5.60 Å². The molecule has 0 saturated carbocycles. The standard InChI is InChI=1S/C9H14N2O2/c1-9(12,6-10)7-3-4-8(13-2)11-5-7/h3-5,12H,6,10H2,1-2H3. The first-order chi connectivity index (χ1) is 6.10. The summed E-state index contributed by atoms with van der Waals surface area (Å²) < 4.78 is 4.89. The molecule has 0 fully saturated rings. The summed E-state index contributed by atoms with van der Waals surface area (Å²) in [5, 5.41) is 9.75. The van der Waals surface area contributed by atoms with E-state index in [1.807, 2.05) is 0 Å². The lowest BCUT2D eigenvalue weighted by molar-refractivity contribution is 0.0664. The van der Waals surface area contributed by atoms with Gasteiger partial charge in [0.25, 0.3) is 0 Å². The van der Waals surface area contributed by atoms with Gasteiger partial charge in [-0.15, -0.1) is 0 Å². The predicted molar refractivity (Wildman–Crippen MR) is 49.4 cm³/mol. The van der Waals surface area contributed by atoms with Crippen molar-refractivity contribution in [3.8, 4) is 5.88 Å². The lowest BCUT2D eigenvalue weighted by Crippen LogP contribution is -2.31. The second kappa shape index (κ2) is 3.72. The molecule has 72 valence electrons. The molecule has 0 aromatic carbocycles. The molecule has 0 amide bonds. The number of hydrogen-bond donors (Lipinski definition) is 2. The molecule has 1 rings (SSSR count). The van der Waals surface area contributed by atoms with Crippen LogP contribution in [0.2, 0.25) is 0 Å². The fourth-order valence-corrected chi connectivity index (χ4v) is 0.937. The molecule has 0 aliphatic rings. The largest absolute Gasteiger partial charge is 0.481 e. The van der Waals surface area contributed by atoms with Crippen molar-refractivity contribution < 1.29 is 9.84 Å². The second-order valence-corrected chi connectivity index (χ2v) is 3.07. The van der Waals surface area contributed by atoms with Crippen LogP contribution >= 0.6 is 0 Å². The lowest BCUT2D eigenvalue weighted by Gasteiger charge is -2.20.